The first-order valence-electron chi connectivity index (χ1n) is 9.73. The van der Waals surface area contributed by atoms with Gasteiger partial charge in [0, 0.05) is 12.1 Å². The molecule has 2 rings (SSSR count). The number of unbranched alkanes of at least 4 members (excludes halogenated alkanes) is 1. The van der Waals surface area contributed by atoms with Crippen molar-refractivity contribution in [1.82, 2.24) is 15.3 Å². The Hall–Kier alpha value is 0.0569. The lowest BCUT2D eigenvalue weighted by molar-refractivity contribution is 0.251. The van der Waals surface area contributed by atoms with E-state index >= 15 is 0 Å². The van der Waals surface area contributed by atoms with Gasteiger partial charge >= 0.3 is 9.36 Å². The van der Waals surface area contributed by atoms with Gasteiger partial charge in [-0.15, -0.1) is 0 Å². The van der Waals surface area contributed by atoms with E-state index in [4.69, 9.17) is 4.43 Å². The zero-order chi connectivity index (χ0) is 15.5. The summed E-state index contributed by atoms with van der Waals surface area (Å²) in [6.45, 7) is 4.01. The number of hydrogen-bond donors (Lipinski definition) is 3. The molecule has 0 bridgehead atoms. The van der Waals surface area contributed by atoms with E-state index in [-0.39, 0.29) is 0 Å². The molecule has 22 heavy (non-hydrogen) atoms. The Kier molecular flexibility index (Phi) is 9.68. The molecule has 0 atom stereocenters. The average Bonchev–Trinajstić information content (AvgIpc) is 2.56. The quantitative estimate of drug-likeness (QED) is 0.328. The highest BCUT2D eigenvalue weighted by Crippen LogP contribution is 2.19. The van der Waals surface area contributed by atoms with Gasteiger partial charge in [-0.2, -0.15) is 0 Å². The molecule has 0 aromatic heterocycles. The Bertz CT molecular complexity index is 249. The summed E-state index contributed by atoms with van der Waals surface area (Å²) in [4.78, 5) is 7.72. The van der Waals surface area contributed by atoms with Crippen molar-refractivity contribution < 1.29 is 4.43 Å². The van der Waals surface area contributed by atoms with Gasteiger partial charge in [-0.25, -0.2) is 0 Å². The van der Waals surface area contributed by atoms with Gasteiger partial charge in [0.25, 0.3) is 0 Å². The summed E-state index contributed by atoms with van der Waals surface area (Å²) in [5.74, 6) is 0. The second-order valence-corrected chi connectivity index (χ2v) is 8.81. The monoisotopic (exact) mass is 327 g/mol. The fourth-order valence-corrected chi connectivity index (χ4v) is 5.72. The molecule has 2 saturated carbocycles. The van der Waals surface area contributed by atoms with Crippen LogP contribution in [0.5, 0.6) is 0 Å². The SMILES string of the molecule is CCCCNCO[SiH](NC1CCCCC1)NC1CCCCC1. The smallest absolute Gasteiger partial charge is 0.336 e. The zero-order valence-electron chi connectivity index (χ0n) is 14.5. The molecule has 0 spiro atoms. The van der Waals surface area contributed by atoms with Crippen LogP contribution < -0.4 is 15.3 Å². The van der Waals surface area contributed by atoms with Gasteiger partial charge in [0.2, 0.25) is 0 Å². The average molecular weight is 328 g/mol. The predicted molar refractivity (Wildman–Crippen MR) is 96.0 cm³/mol. The Morgan fingerprint density at radius 1 is 0.864 bits per heavy atom. The Morgan fingerprint density at radius 3 is 1.91 bits per heavy atom. The molecule has 0 aromatic carbocycles. The van der Waals surface area contributed by atoms with E-state index in [9.17, 15) is 0 Å². The van der Waals surface area contributed by atoms with Gasteiger partial charge in [-0.05, 0) is 38.6 Å². The van der Waals surface area contributed by atoms with Crippen LogP contribution in [-0.4, -0.2) is 34.7 Å². The molecule has 0 heterocycles. The predicted octanol–water partition coefficient (Wildman–Crippen LogP) is 2.91. The highest BCUT2D eigenvalue weighted by atomic mass is 28.3. The summed E-state index contributed by atoms with van der Waals surface area (Å²) >= 11 is 0. The van der Waals surface area contributed by atoms with E-state index < -0.39 is 9.36 Å². The molecule has 0 aliphatic heterocycles. The van der Waals surface area contributed by atoms with Crippen LogP contribution in [0.15, 0.2) is 0 Å². The summed E-state index contributed by atoms with van der Waals surface area (Å²) in [5.41, 5.74) is 0. The van der Waals surface area contributed by atoms with E-state index in [1.54, 1.807) is 0 Å². The Morgan fingerprint density at radius 2 is 1.41 bits per heavy atom. The number of hydrogen-bond acceptors (Lipinski definition) is 4. The molecule has 0 radical (unpaired) electrons. The van der Waals surface area contributed by atoms with Crippen molar-refractivity contribution in [2.24, 2.45) is 0 Å². The highest BCUT2D eigenvalue weighted by molar-refractivity contribution is 6.46. The minimum atomic E-state index is -1.49. The molecule has 0 unspecified atom stereocenters. The highest BCUT2D eigenvalue weighted by Gasteiger charge is 2.24. The standard InChI is InChI=1S/C17H37N3OSi/c1-2-3-14-18-15-21-22(19-16-10-6-4-7-11-16)20-17-12-8-5-9-13-17/h16-20,22H,2-15H2,1H3. The third kappa shape index (κ3) is 7.55. The van der Waals surface area contributed by atoms with Gasteiger partial charge in [0.05, 0.1) is 6.73 Å². The minimum Gasteiger partial charge on any atom is -0.381 e. The van der Waals surface area contributed by atoms with Crippen LogP contribution in [0.3, 0.4) is 0 Å². The van der Waals surface area contributed by atoms with Crippen LogP contribution >= 0.6 is 0 Å². The first kappa shape index (κ1) is 18.4. The van der Waals surface area contributed by atoms with Crippen molar-refractivity contribution in [3.8, 4) is 0 Å². The van der Waals surface area contributed by atoms with E-state index in [2.05, 4.69) is 22.2 Å². The Balaban J connectivity index is 1.71. The second-order valence-electron chi connectivity index (χ2n) is 7.05. The van der Waals surface area contributed by atoms with E-state index in [0.717, 1.165) is 6.54 Å². The largest absolute Gasteiger partial charge is 0.381 e. The first-order valence-corrected chi connectivity index (χ1v) is 11.4. The minimum absolute atomic E-state index is 0.692. The molecule has 5 heteroatoms. The molecule has 4 nitrogen and oxygen atoms in total. The number of rotatable bonds is 10. The van der Waals surface area contributed by atoms with Gasteiger partial charge in [-0.1, -0.05) is 51.9 Å². The van der Waals surface area contributed by atoms with Crippen molar-refractivity contribution in [1.29, 1.82) is 0 Å². The van der Waals surface area contributed by atoms with Gasteiger partial charge in [0.15, 0.2) is 0 Å². The molecule has 2 fully saturated rings. The molecule has 0 amide bonds. The van der Waals surface area contributed by atoms with Crippen LogP contribution in [0.1, 0.15) is 84.0 Å². The fourth-order valence-electron chi connectivity index (χ4n) is 3.63. The normalized spacial score (nSPS) is 21.5. The lowest BCUT2D eigenvalue weighted by atomic mass is 9.96. The third-order valence-corrected chi connectivity index (χ3v) is 7.09. The maximum atomic E-state index is 6.20. The maximum absolute atomic E-state index is 6.20. The van der Waals surface area contributed by atoms with Crippen molar-refractivity contribution >= 4 is 9.36 Å². The summed E-state index contributed by atoms with van der Waals surface area (Å²) in [5, 5.41) is 3.42. The molecule has 2 aliphatic carbocycles. The third-order valence-electron chi connectivity index (χ3n) is 5.04. The molecule has 2 aliphatic rings. The second kappa shape index (κ2) is 11.6. The van der Waals surface area contributed by atoms with Gasteiger partial charge in [0.1, 0.15) is 0 Å². The first-order chi connectivity index (χ1) is 10.9. The van der Waals surface area contributed by atoms with E-state index in [1.807, 2.05) is 0 Å². The van der Waals surface area contributed by atoms with Crippen LogP contribution in [0.4, 0.5) is 0 Å². The van der Waals surface area contributed by atoms with Crippen LogP contribution in [0.25, 0.3) is 0 Å². The topological polar surface area (TPSA) is 45.3 Å². The van der Waals surface area contributed by atoms with Crippen molar-refractivity contribution in [2.45, 2.75) is 96.1 Å². The Labute approximate surface area is 139 Å². The summed E-state index contributed by atoms with van der Waals surface area (Å²) in [7, 11) is -1.49. The van der Waals surface area contributed by atoms with E-state index in [1.165, 1.54) is 77.0 Å². The van der Waals surface area contributed by atoms with Crippen LogP contribution in [0.2, 0.25) is 0 Å². The molecule has 130 valence electrons. The lowest BCUT2D eigenvalue weighted by Gasteiger charge is -2.32. The van der Waals surface area contributed by atoms with E-state index in [0.29, 0.717) is 18.8 Å². The number of nitrogens with one attached hydrogen (secondary N) is 3. The zero-order valence-corrected chi connectivity index (χ0v) is 15.7. The summed E-state index contributed by atoms with van der Waals surface area (Å²) in [6.07, 6.45) is 16.2. The van der Waals surface area contributed by atoms with Crippen molar-refractivity contribution in [2.75, 3.05) is 13.3 Å². The van der Waals surface area contributed by atoms with Crippen LogP contribution in [-0.2, 0) is 4.43 Å². The van der Waals surface area contributed by atoms with Crippen molar-refractivity contribution in [3.63, 3.8) is 0 Å². The molecule has 0 saturated heterocycles. The molecule has 3 N–H and O–H groups in total. The van der Waals surface area contributed by atoms with Gasteiger partial charge in [-0.3, -0.25) is 5.32 Å². The molecule has 0 aromatic rings. The summed E-state index contributed by atoms with van der Waals surface area (Å²) < 4.78 is 6.20. The summed E-state index contributed by atoms with van der Waals surface area (Å²) in [6, 6.07) is 1.38. The molecular weight excluding hydrogens is 290 g/mol. The maximum Gasteiger partial charge on any atom is 0.336 e. The lowest BCUT2D eigenvalue weighted by Crippen LogP contribution is -2.58. The fraction of sp³-hybridized carbons (Fsp3) is 1.00. The molecular formula is C17H37N3OSi. The van der Waals surface area contributed by atoms with Gasteiger partial charge < -0.3 is 14.4 Å². The van der Waals surface area contributed by atoms with Crippen molar-refractivity contribution in [3.05, 3.63) is 0 Å². The van der Waals surface area contributed by atoms with Crippen LogP contribution in [0, 0.1) is 0 Å².